The molecule has 0 aliphatic heterocycles. The highest BCUT2D eigenvalue weighted by Crippen LogP contribution is 2.20. The molecule has 0 aliphatic carbocycles. The van der Waals surface area contributed by atoms with Gasteiger partial charge in [0, 0.05) is 26.6 Å². The van der Waals surface area contributed by atoms with Crippen LogP contribution < -0.4 is 5.73 Å². The number of halogens is 1. The lowest BCUT2D eigenvalue weighted by atomic mass is 10.1. The monoisotopic (exact) mass is 299 g/mol. The molecule has 0 unspecified atom stereocenters. The second kappa shape index (κ2) is 8.05. The number of amidine groups is 1. The highest BCUT2D eigenvalue weighted by Gasteiger charge is 2.19. The molecule has 0 spiro atoms. The van der Waals surface area contributed by atoms with Crippen molar-refractivity contribution < 1.29 is 24.2 Å². The summed E-state index contributed by atoms with van der Waals surface area (Å²) in [5.74, 6) is -1.53. The number of hydrogen-bond donors (Lipinski definition) is 3. The van der Waals surface area contributed by atoms with Gasteiger partial charge in [-0.15, -0.1) is 0 Å². The summed E-state index contributed by atoms with van der Waals surface area (Å²) in [5, 5.41) is 21.0. The number of carbonyl (C=O) groups excluding carboxylic acids is 1. The number of ether oxygens (including phenoxy) is 1. The van der Waals surface area contributed by atoms with Crippen LogP contribution in [0, 0.1) is 5.82 Å². The van der Waals surface area contributed by atoms with E-state index in [1.165, 1.54) is 12.0 Å². The summed E-state index contributed by atoms with van der Waals surface area (Å²) >= 11 is 0. The number of hydrogen-bond acceptors (Lipinski definition) is 5. The van der Waals surface area contributed by atoms with Crippen molar-refractivity contribution in [3.05, 3.63) is 29.6 Å². The van der Waals surface area contributed by atoms with E-state index in [-0.39, 0.29) is 43.3 Å². The Morgan fingerprint density at radius 2 is 2.19 bits per heavy atom. The number of phenols is 1. The number of methoxy groups -OCH3 is 1. The van der Waals surface area contributed by atoms with Gasteiger partial charge in [-0.2, -0.15) is 0 Å². The van der Waals surface area contributed by atoms with Gasteiger partial charge in [-0.25, -0.2) is 4.39 Å². The second-order valence-electron chi connectivity index (χ2n) is 4.29. The van der Waals surface area contributed by atoms with E-state index in [4.69, 9.17) is 15.7 Å². The van der Waals surface area contributed by atoms with Crippen LogP contribution in [0.1, 0.15) is 16.8 Å². The third-order valence-electron chi connectivity index (χ3n) is 2.81. The van der Waals surface area contributed by atoms with Gasteiger partial charge in [-0.1, -0.05) is 5.16 Å². The Balaban J connectivity index is 2.90. The predicted molar refractivity (Wildman–Crippen MR) is 73.9 cm³/mol. The number of amides is 1. The molecule has 7 nitrogen and oxygen atoms in total. The Bertz CT molecular complexity index is 522. The molecule has 116 valence electrons. The van der Waals surface area contributed by atoms with Gasteiger partial charge in [-0.3, -0.25) is 4.79 Å². The maximum absolute atomic E-state index is 13.2. The smallest absolute Gasteiger partial charge is 0.257 e. The molecule has 0 bridgehead atoms. The highest BCUT2D eigenvalue weighted by molar-refractivity contribution is 5.97. The first kappa shape index (κ1) is 16.7. The summed E-state index contributed by atoms with van der Waals surface area (Å²) in [4.78, 5) is 13.7. The number of oxime groups is 1. The van der Waals surface area contributed by atoms with Gasteiger partial charge in [0.1, 0.15) is 17.4 Å². The van der Waals surface area contributed by atoms with Crippen molar-refractivity contribution in [1.82, 2.24) is 4.90 Å². The summed E-state index contributed by atoms with van der Waals surface area (Å²) in [6.45, 7) is 0.635. The zero-order chi connectivity index (χ0) is 15.8. The van der Waals surface area contributed by atoms with Crippen LogP contribution in [0.5, 0.6) is 5.75 Å². The van der Waals surface area contributed by atoms with Crippen LogP contribution in [0.15, 0.2) is 23.4 Å². The van der Waals surface area contributed by atoms with E-state index < -0.39 is 11.7 Å². The fourth-order valence-corrected chi connectivity index (χ4v) is 1.67. The van der Waals surface area contributed by atoms with E-state index in [1.54, 1.807) is 0 Å². The van der Waals surface area contributed by atoms with Crippen LogP contribution in [0.4, 0.5) is 4.39 Å². The maximum Gasteiger partial charge on any atom is 0.257 e. The number of nitrogens with zero attached hydrogens (tertiary/aromatic N) is 2. The van der Waals surface area contributed by atoms with Crippen LogP contribution in [-0.2, 0) is 4.74 Å². The molecule has 1 amide bonds. The van der Waals surface area contributed by atoms with E-state index in [2.05, 4.69) is 5.16 Å². The molecule has 0 saturated heterocycles. The minimum Gasteiger partial charge on any atom is -0.507 e. The van der Waals surface area contributed by atoms with Crippen molar-refractivity contribution in [2.75, 3.05) is 26.8 Å². The van der Waals surface area contributed by atoms with E-state index in [0.717, 1.165) is 18.2 Å². The van der Waals surface area contributed by atoms with E-state index >= 15 is 0 Å². The zero-order valence-electron chi connectivity index (χ0n) is 11.6. The van der Waals surface area contributed by atoms with Crippen molar-refractivity contribution in [2.45, 2.75) is 6.42 Å². The van der Waals surface area contributed by atoms with Crippen molar-refractivity contribution in [3.8, 4) is 5.75 Å². The van der Waals surface area contributed by atoms with E-state index in [9.17, 15) is 14.3 Å². The fourth-order valence-electron chi connectivity index (χ4n) is 1.67. The lowest BCUT2D eigenvalue weighted by molar-refractivity contribution is 0.0697. The molecule has 0 aromatic heterocycles. The van der Waals surface area contributed by atoms with Crippen molar-refractivity contribution in [1.29, 1.82) is 0 Å². The topological polar surface area (TPSA) is 108 Å². The molecule has 0 fully saturated rings. The summed E-state index contributed by atoms with van der Waals surface area (Å²) in [6.07, 6.45) is 0.141. The molecule has 0 heterocycles. The molecular weight excluding hydrogens is 281 g/mol. The van der Waals surface area contributed by atoms with Crippen LogP contribution in [0.2, 0.25) is 0 Å². The number of carbonyl (C=O) groups is 1. The van der Waals surface area contributed by atoms with E-state index in [1.807, 2.05) is 0 Å². The molecular formula is C13H18FN3O4. The minimum atomic E-state index is -0.626. The SMILES string of the molecule is COCCN(CC/C(N)=N/O)C(=O)c1cc(F)ccc1O. The third-order valence-corrected chi connectivity index (χ3v) is 2.81. The second-order valence-corrected chi connectivity index (χ2v) is 4.29. The lowest BCUT2D eigenvalue weighted by Crippen LogP contribution is -2.36. The molecule has 21 heavy (non-hydrogen) atoms. The summed E-state index contributed by atoms with van der Waals surface area (Å²) in [5.41, 5.74) is 5.22. The average molecular weight is 299 g/mol. The molecule has 1 rings (SSSR count). The first-order valence-corrected chi connectivity index (χ1v) is 6.22. The molecule has 1 aromatic carbocycles. The Morgan fingerprint density at radius 1 is 1.48 bits per heavy atom. The van der Waals surface area contributed by atoms with Crippen molar-refractivity contribution >= 4 is 11.7 Å². The molecule has 8 heteroatoms. The third kappa shape index (κ3) is 4.92. The Morgan fingerprint density at radius 3 is 2.81 bits per heavy atom. The Hall–Kier alpha value is -2.35. The Kier molecular flexibility index (Phi) is 6.41. The molecule has 0 atom stereocenters. The van der Waals surface area contributed by atoms with Crippen LogP contribution in [-0.4, -0.2) is 53.8 Å². The molecule has 0 saturated carbocycles. The minimum absolute atomic E-state index is 0.0336. The molecule has 0 aliphatic rings. The Labute approximate surface area is 121 Å². The number of nitrogens with two attached hydrogens (primary N) is 1. The van der Waals surface area contributed by atoms with Gasteiger partial charge in [0.25, 0.3) is 5.91 Å². The van der Waals surface area contributed by atoms with Crippen molar-refractivity contribution in [2.24, 2.45) is 10.9 Å². The summed E-state index contributed by atoms with van der Waals surface area (Å²) in [6, 6.07) is 3.13. The van der Waals surface area contributed by atoms with Crippen molar-refractivity contribution in [3.63, 3.8) is 0 Å². The number of rotatable bonds is 7. The number of benzene rings is 1. The standard InChI is InChI=1S/C13H18FN3O4/c1-21-7-6-17(5-4-12(15)16-20)13(19)10-8-9(14)2-3-11(10)18/h2-3,8,18,20H,4-7H2,1H3,(H2,15,16). The van der Waals surface area contributed by atoms with Crippen LogP contribution in [0.3, 0.4) is 0 Å². The van der Waals surface area contributed by atoms with E-state index in [0.29, 0.717) is 0 Å². The normalized spacial score (nSPS) is 11.4. The fraction of sp³-hybridized carbons (Fsp3) is 0.385. The molecule has 1 aromatic rings. The maximum atomic E-state index is 13.2. The number of aromatic hydroxyl groups is 1. The quantitative estimate of drug-likeness (QED) is 0.298. The zero-order valence-corrected chi connectivity index (χ0v) is 11.6. The molecule has 4 N–H and O–H groups in total. The van der Waals surface area contributed by atoms with Gasteiger partial charge >= 0.3 is 0 Å². The predicted octanol–water partition coefficient (Wildman–Crippen LogP) is 0.756. The van der Waals surface area contributed by atoms with Gasteiger partial charge < -0.3 is 25.7 Å². The van der Waals surface area contributed by atoms with Gasteiger partial charge in [0.15, 0.2) is 0 Å². The van der Waals surface area contributed by atoms with Gasteiger partial charge in [0.05, 0.1) is 12.2 Å². The van der Waals surface area contributed by atoms with Crippen LogP contribution in [0.25, 0.3) is 0 Å². The summed E-state index contributed by atoms with van der Waals surface area (Å²) in [7, 11) is 1.48. The lowest BCUT2D eigenvalue weighted by Gasteiger charge is -2.22. The van der Waals surface area contributed by atoms with Gasteiger partial charge in [0.2, 0.25) is 0 Å². The largest absolute Gasteiger partial charge is 0.507 e. The summed E-state index contributed by atoms with van der Waals surface area (Å²) < 4.78 is 18.1. The van der Waals surface area contributed by atoms with Gasteiger partial charge in [-0.05, 0) is 18.2 Å². The first-order chi connectivity index (χ1) is 9.99. The van der Waals surface area contributed by atoms with Crippen LogP contribution >= 0.6 is 0 Å². The number of phenolic OH excluding ortho intramolecular Hbond substituents is 1. The highest BCUT2D eigenvalue weighted by atomic mass is 19.1. The first-order valence-electron chi connectivity index (χ1n) is 6.22. The molecule has 0 radical (unpaired) electrons. The average Bonchev–Trinajstić information content (AvgIpc) is 2.48.